The zero-order valence-electron chi connectivity index (χ0n) is 13.5. The molecule has 1 N–H and O–H groups in total. The van der Waals surface area contributed by atoms with E-state index in [-0.39, 0.29) is 5.02 Å². The fourth-order valence-electron chi connectivity index (χ4n) is 3.15. The van der Waals surface area contributed by atoms with E-state index >= 15 is 0 Å². The Kier molecular flexibility index (Phi) is 4.11. The number of aromatic amines is 1. The predicted molar refractivity (Wildman–Crippen MR) is 95.1 cm³/mol. The van der Waals surface area contributed by atoms with Crippen LogP contribution in [0.3, 0.4) is 0 Å². The van der Waals surface area contributed by atoms with Gasteiger partial charge in [0.1, 0.15) is 11.5 Å². The maximum absolute atomic E-state index is 12.7. The molecule has 134 valence electrons. The third kappa shape index (κ3) is 3.03. The first-order valence-corrected chi connectivity index (χ1v) is 8.40. The van der Waals surface area contributed by atoms with E-state index in [0.29, 0.717) is 18.9 Å². The lowest BCUT2D eigenvalue weighted by Crippen LogP contribution is -2.29. The summed E-state index contributed by atoms with van der Waals surface area (Å²) in [6, 6.07) is 4.82. The summed E-state index contributed by atoms with van der Waals surface area (Å²) < 4.78 is 38.2. The van der Waals surface area contributed by atoms with Crippen LogP contribution in [0.2, 0.25) is 5.02 Å². The van der Waals surface area contributed by atoms with Crippen molar-refractivity contribution < 1.29 is 13.2 Å². The number of halogens is 4. The molecule has 26 heavy (non-hydrogen) atoms. The number of alkyl halides is 3. The van der Waals surface area contributed by atoms with Crippen LogP contribution in [0.15, 0.2) is 42.9 Å². The van der Waals surface area contributed by atoms with Crippen molar-refractivity contribution in [2.75, 3.05) is 18.0 Å². The summed E-state index contributed by atoms with van der Waals surface area (Å²) in [5, 5.41) is 1.06. The molecule has 0 aromatic carbocycles. The first-order chi connectivity index (χ1) is 12.4. The van der Waals surface area contributed by atoms with Crippen molar-refractivity contribution in [3.05, 3.63) is 59.0 Å². The highest BCUT2D eigenvalue weighted by Crippen LogP contribution is 2.35. The molecule has 0 unspecified atom stereocenters. The van der Waals surface area contributed by atoms with Gasteiger partial charge in [0.05, 0.1) is 10.6 Å². The number of rotatable bonds is 2. The van der Waals surface area contributed by atoms with Crippen molar-refractivity contribution in [2.45, 2.75) is 12.6 Å². The van der Waals surface area contributed by atoms with Crippen LogP contribution in [-0.2, 0) is 6.18 Å². The highest BCUT2D eigenvalue weighted by molar-refractivity contribution is 6.33. The lowest BCUT2D eigenvalue weighted by molar-refractivity contribution is -0.137. The number of aromatic nitrogens is 3. The summed E-state index contributed by atoms with van der Waals surface area (Å²) in [6.45, 7) is 1.15. The normalized spacial score (nSPS) is 15.4. The molecule has 0 saturated carbocycles. The zero-order valence-corrected chi connectivity index (χ0v) is 14.3. The SMILES string of the molecule is FC(F)(F)c1cnc(N2CC=C(c3c[nH]c4ncccc34)CC2)c(Cl)c1. The van der Waals surface area contributed by atoms with Crippen LogP contribution in [0.5, 0.6) is 0 Å². The molecular formula is C18H14ClF3N4. The average molecular weight is 379 g/mol. The Balaban J connectivity index is 1.58. The number of nitrogens with one attached hydrogen (secondary N) is 1. The van der Waals surface area contributed by atoms with Crippen LogP contribution >= 0.6 is 11.6 Å². The fraction of sp³-hybridized carbons (Fsp3) is 0.222. The zero-order chi connectivity index (χ0) is 18.3. The van der Waals surface area contributed by atoms with Crippen LogP contribution in [-0.4, -0.2) is 28.0 Å². The van der Waals surface area contributed by atoms with E-state index in [0.717, 1.165) is 35.3 Å². The van der Waals surface area contributed by atoms with Gasteiger partial charge in [0.15, 0.2) is 0 Å². The Hall–Kier alpha value is -2.54. The Bertz CT molecular complexity index is 994. The molecule has 4 heterocycles. The van der Waals surface area contributed by atoms with Crippen molar-refractivity contribution in [1.82, 2.24) is 15.0 Å². The number of nitrogens with zero attached hydrogens (tertiary/aromatic N) is 3. The van der Waals surface area contributed by atoms with E-state index in [1.54, 1.807) is 6.20 Å². The van der Waals surface area contributed by atoms with Gasteiger partial charge in [-0.1, -0.05) is 17.7 Å². The molecule has 4 rings (SSSR count). The molecule has 8 heteroatoms. The third-order valence-corrected chi connectivity index (χ3v) is 4.73. The van der Waals surface area contributed by atoms with E-state index in [1.807, 2.05) is 23.2 Å². The summed E-state index contributed by atoms with van der Waals surface area (Å²) in [5.74, 6) is 0.371. The summed E-state index contributed by atoms with van der Waals surface area (Å²) >= 11 is 6.04. The molecule has 0 aliphatic carbocycles. The summed E-state index contributed by atoms with van der Waals surface area (Å²) in [4.78, 5) is 13.2. The second kappa shape index (κ2) is 6.32. The average Bonchev–Trinajstić information content (AvgIpc) is 3.05. The fourth-order valence-corrected chi connectivity index (χ4v) is 3.43. The molecule has 0 saturated heterocycles. The summed E-state index contributed by atoms with van der Waals surface area (Å²) in [7, 11) is 0. The van der Waals surface area contributed by atoms with Gasteiger partial charge in [0, 0.05) is 42.6 Å². The molecule has 0 radical (unpaired) electrons. The molecule has 0 amide bonds. The summed E-state index contributed by atoms with van der Waals surface area (Å²) in [5.41, 5.74) is 2.26. The number of hydrogen-bond donors (Lipinski definition) is 1. The largest absolute Gasteiger partial charge is 0.417 e. The van der Waals surface area contributed by atoms with Crippen molar-refractivity contribution in [3.63, 3.8) is 0 Å². The van der Waals surface area contributed by atoms with Gasteiger partial charge in [0.2, 0.25) is 0 Å². The van der Waals surface area contributed by atoms with Crippen molar-refractivity contribution in [2.24, 2.45) is 0 Å². The second-order valence-electron chi connectivity index (χ2n) is 6.05. The quantitative estimate of drug-likeness (QED) is 0.688. The van der Waals surface area contributed by atoms with Gasteiger partial charge in [-0.15, -0.1) is 0 Å². The van der Waals surface area contributed by atoms with E-state index in [4.69, 9.17) is 11.6 Å². The van der Waals surface area contributed by atoms with Gasteiger partial charge in [-0.25, -0.2) is 9.97 Å². The number of fused-ring (bicyclic) bond motifs is 1. The Labute approximate surface area is 152 Å². The van der Waals surface area contributed by atoms with Crippen LogP contribution in [0, 0.1) is 0 Å². The molecule has 0 spiro atoms. The first kappa shape index (κ1) is 16.9. The highest BCUT2D eigenvalue weighted by Gasteiger charge is 2.32. The Morgan fingerprint density at radius 3 is 2.77 bits per heavy atom. The molecule has 3 aromatic heterocycles. The Morgan fingerprint density at radius 1 is 1.23 bits per heavy atom. The molecule has 4 nitrogen and oxygen atoms in total. The number of hydrogen-bond acceptors (Lipinski definition) is 3. The molecule has 3 aromatic rings. The molecule has 0 fully saturated rings. The van der Waals surface area contributed by atoms with E-state index in [1.165, 1.54) is 5.57 Å². The molecule has 0 bridgehead atoms. The topological polar surface area (TPSA) is 44.8 Å². The predicted octanol–water partition coefficient (Wildman–Crippen LogP) is 4.92. The number of pyridine rings is 2. The van der Waals surface area contributed by atoms with Gasteiger partial charge < -0.3 is 9.88 Å². The Morgan fingerprint density at radius 2 is 2.08 bits per heavy atom. The van der Waals surface area contributed by atoms with Crippen molar-refractivity contribution >= 4 is 34.0 Å². The van der Waals surface area contributed by atoms with Gasteiger partial charge >= 0.3 is 6.18 Å². The first-order valence-electron chi connectivity index (χ1n) is 8.02. The summed E-state index contributed by atoms with van der Waals surface area (Å²) in [6.07, 6.45) is 2.83. The van der Waals surface area contributed by atoms with E-state index < -0.39 is 11.7 Å². The molecular weight excluding hydrogens is 365 g/mol. The van der Waals surface area contributed by atoms with Gasteiger partial charge in [-0.05, 0) is 30.2 Å². The van der Waals surface area contributed by atoms with Crippen LogP contribution in [0.4, 0.5) is 19.0 Å². The van der Waals surface area contributed by atoms with Crippen molar-refractivity contribution in [1.29, 1.82) is 0 Å². The number of anilines is 1. The van der Waals surface area contributed by atoms with Gasteiger partial charge in [0.25, 0.3) is 0 Å². The standard InChI is InChI=1S/C18H14ClF3N4/c19-15-8-12(18(20,21)22)9-25-17(15)26-6-3-11(4-7-26)14-10-24-16-13(14)2-1-5-23-16/h1-3,5,8-10H,4,6-7H2,(H,23,24). The van der Waals surface area contributed by atoms with E-state index in [2.05, 4.69) is 21.0 Å². The highest BCUT2D eigenvalue weighted by atomic mass is 35.5. The smallest absolute Gasteiger partial charge is 0.351 e. The van der Waals surface area contributed by atoms with Gasteiger partial charge in [-0.2, -0.15) is 13.2 Å². The monoisotopic (exact) mass is 378 g/mol. The molecule has 1 aliphatic heterocycles. The minimum absolute atomic E-state index is 0.00738. The van der Waals surface area contributed by atoms with Crippen molar-refractivity contribution in [3.8, 4) is 0 Å². The lowest BCUT2D eigenvalue weighted by atomic mass is 9.99. The van der Waals surface area contributed by atoms with Crippen LogP contribution in [0.1, 0.15) is 17.5 Å². The number of H-pyrrole nitrogens is 1. The maximum atomic E-state index is 12.7. The second-order valence-corrected chi connectivity index (χ2v) is 6.46. The van der Waals surface area contributed by atoms with Gasteiger partial charge in [-0.3, -0.25) is 0 Å². The van der Waals surface area contributed by atoms with E-state index in [9.17, 15) is 13.2 Å². The molecule has 1 aliphatic rings. The third-order valence-electron chi connectivity index (χ3n) is 4.45. The minimum atomic E-state index is -4.45. The lowest BCUT2D eigenvalue weighted by Gasteiger charge is -2.28. The van der Waals surface area contributed by atoms with Crippen LogP contribution in [0.25, 0.3) is 16.6 Å². The van der Waals surface area contributed by atoms with Crippen LogP contribution < -0.4 is 4.90 Å². The molecule has 0 atom stereocenters. The minimum Gasteiger partial charge on any atom is -0.351 e. The maximum Gasteiger partial charge on any atom is 0.417 e.